The van der Waals surface area contributed by atoms with Crippen LogP contribution in [0.25, 0.3) is 0 Å². The molecule has 132 valence electrons. The molecule has 2 heterocycles. The zero-order valence-corrected chi connectivity index (χ0v) is 14.6. The number of nitrogens with one attached hydrogen (secondary N) is 1. The van der Waals surface area contributed by atoms with Gasteiger partial charge in [0.1, 0.15) is 5.76 Å². The van der Waals surface area contributed by atoms with Gasteiger partial charge in [0.25, 0.3) is 5.56 Å². The van der Waals surface area contributed by atoms with E-state index in [4.69, 9.17) is 13.8 Å². The fourth-order valence-electron chi connectivity index (χ4n) is 2.27. The molecule has 9 nitrogen and oxygen atoms in total. The maximum atomic E-state index is 12.0. The molecule has 0 bridgehead atoms. The van der Waals surface area contributed by atoms with Crippen molar-refractivity contribution in [2.75, 3.05) is 14.2 Å². The zero-order valence-electron chi connectivity index (χ0n) is 13.7. The molecule has 0 spiro atoms. The molecule has 24 heavy (non-hydrogen) atoms. The lowest BCUT2D eigenvalue weighted by Crippen LogP contribution is -2.42. The first-order valence-corrected chi connectivity index (χ1v) is 8.60. The van der Waals surface area contributed by atoms with Crippen LogP contribution in [0.4, 0.5) is 0 Å². The molecular weight excluding hydrogens is 339 g/mol. The number of allylic oxidation sites excluding steroid dienone is 1. The average Bonchev–Trinajstić information content (AvgIpc) is 2.83. The van der Waals surface area contributed by atoms with Gasteiger partial charge in [-0.2, -0.15) is 0 Å². The molecule has 2 rings (SSSR count). The van der Waals surface area contributed by atoms with Gasteiger partial charge in [-0.05, 0) is 19.9 Å². The SMILES string of the molecule is COP(=O)(/C=C/C1=C(O)C[C@@](C)(n2cc(C)c(=O)[nH]c2=O)O1)OC. The minimum atomic E-state index is -3.42. The summed E-state index contributed by atoms with van der Waals surface area (Å²) in [5.74, 6) is 1.04. The van der Waals surface area contributed by atoms with Crippen LogP contribution in [-0.4, -0.2) is 28.9 Å². The highest BCUT2D eigenvalue weighted by molar-refractivity contribution is 7.57. The molecule has 0 saturated heterocycles. The van der Waals surface area contributed by atoms with E-state index in [1.54, 1.807) is 13.8 Å². The third-order valence-corrected chi connectivity index (χ3v) is 5.19. The Morgan fingerprint density at radius 1 is 1.42 bits per heavy atom. The molecule has 1 aromatic rings. The van der Waals surface area contributed by atoms with Crippen LogP contribution in [0.3, 0.4) is 0 Å². The summed E-state index contributed by atoms with van der Waals surface area (Å²) in [5.41, 5.74) is -2.06. The summed E-state index contributed by atoms with van der Waals surface area (Å²) in [6.07, 6.45) is 2.61. The van der Waals surface area contributed by atoms with Gasteiger partial charge in [-0.3, -0.25) is 18.9 Å². The van der Waals surface area contributed by atoms with Gasteiger partial charge in [0.15, 0.2) is 11.5 Å². The number of H-pyrrole nitrogens is 1. The Kier molecular flexibility index (Phi) is 4.89. The van der Waals surface area contributed by atoms with Gasteiger partial charge in [0, 0.05) is 31.8 Å². The number of aromatic nitrogens is 2. The van der Waals surface area contributed by atoms with E-state index in [2.05, 4.69) is 4.98 Å². The Labute approximate surface area is 137 Å². The molecule has 10 heteroatoms. The number of aromatic amines is 1. The number of aryl methyl sites for hydroxylation is 1. The highest BCUT2D eigenvalue weighted by Gasteiger charge is 2.39. The molecule has 0 saturated carbocycles. The second-order valence-corrected chi connectivity index (χ2v) is 7.54. The smallest absolute Gasteiger partial charge is 0.353 e. The van der Waals surface area contributed by atoms with Crippen molar-refractivity contribution in [3.63, 3.8) is 0 Å². The van der Waals surface area contributed by atoms with Crippen LogP contribution in [0.1, 0.15) is 18.9 Å². The van der Waals surface area contributed by atoms with Crippen LogP contribution in [-0.2, 0) is 24.1 Å². The van der Waals surface area contributed by atoms with Crippen molar-refractivity contribution in [3.8, 4) is 0 Å². The summed E-state index contributed by atoms with van der Waals surface area (Å²) in [6.45, 7) is 3.13. The topological polar surface area (TPSA) is 120 Å². The van der Waals surface area contributed by atoms with E-state index in [1.807, 2.05) is 0 Å². The van der Waals surface area contributed by atoms with Crippen molar-refractivity contribution >= 4 is 7.60 Å². The Morgan fingerprint density at radius 2 is 2.04 bits per heavy atom. The molecule has 0 aliphatic carbocycles. The molecular formula is C14H19N2O7P. The molecule has 0 unspecified atom stereocenters. The second-order valence-electron chi connectivity index (χ2n) is 5.43. The maximum absolute atomic E-state index is 12.0. The van der Waals surface area contributed by atoms with Crippen molar-refractivity contribution in [1.29, 1.82) is 0 Å². The van der Waals surface area contributed by atoms with E-state index < -0.39 is 24.6 Å². The molecule has 1 aromatic heterocycles. The van der Waals surface area contributed by atoms with E-state index in [0.29, 0.717) is 5.56 Å². The maximum Gasteiger partial charge on any atom is 0.353 e. The van der Waals surface area contributed by atoms with Gasteiger partial charge < -0.3 is 18.9 Å². The number of nitrogens with zero attached hydrogens (tertiary/aromatic N) is 1. The summed E-state index contributed by atoms with van der Waals surface area (Å²) >= 11 is 0. The molecule has 1 aliphatic heterocycles. The van der Waals surface area contributed by atoms with E-state index in [-0.39, 0.29) is 17.9 Å². The van der Waals surface area contributed by atoms with Gasteiger partial charge in [0.2, 0.25) is 0 Å². The fraction of sp³-hybridized carbons (Fsp3) is 0.429. The molecule has 0 amide bonds. The first kappa shape index (κ1) is 18.3. The average molecular weight is 358 g/mol. The highest BCUT2D eigenvalue weighted by Crippen LogP contribution is 2.49. The lowest BCUT2D eigenvalue weighted by Gasteiger charge is -2.26. The fourth-order valence-corrected chi connectivity index (χ4v) is 2.98. The Morgan fingerprint density at radius 3 is 2.62 bits per heavy atom. The number of ether oxygens (including phenoxy) is 1. The van der Waals surface area contributed by atoms with Crippen molar-refractivity contribution in [2.45, 2.75) is 26.0 Å². The molecule has 0 radical (unpaired) electrons. The van der Waals surface area contributed by atoms with Crippen molar-refractivity contribution in [3.05, 3.63) is 56.0 Å². The van der Waals surface area contributed by atoms with Gasteiger partial charge in [-0.25, -0.2) is 4.79 Å². The van der Waals surface area contributed by atoms with Crippen molar-refractivity contribution in [2.24, 2.45) is 0 Å². The summed E-state index contributed by atoms with van der Waals surface area (Å²) in [7, 11) is -0.965. The van der Waals surface area contributed by atoms with Gasteiger partial charge in [-0.15, -0.1) is 0 Å². The lowest BCUT2D eigenvalue weighted by molar-refractivity contribution is -0.0279. The highest BCUT2D eigenvalue weighted by atomic mass is 31.2. The van der Waals surface area contributed by atoms with Crippen molar-refractivity contribution in [1.82, 2.24) is 9.55 Å². The molecule has 2 N–H and O–H groups in total. The Bertz CT molecular complexity index is 859. The molecule has 1 atom stereocenters. The first-order chi connectivity index (χ1) is 11.1. The minimum absolute atomic E-state index is 0.0116. The van der Waals surface area contributed by atoms with Crippen LogP contribution in [0.15, 0.2) is 39.2 Å². The third kappa shape index (κ3) is 3.38. The monoisotopic (exact) mass is 358 g/mol. The summed E-state index contributed by atoms with van der Waals surface area (Å²) < 4.78 is 28.4. The van der Waals surface area contributed by atoms with Crippen LogP contribution in [0.5, 0.6) is 0 Å². The summed E-state index contributed by atoms with van der Waals surface area (Å²) in [4.78, 5) is 25.7. The van der Waals surface area contributed by atoms with E-state index in [1.165, 1.54) is 31.1 Å². The normalized spacial score (nSPS) is 21.5. The zero-order chi connectivity index (χ0) is 18.1. The summed E-state index contributed by atoms with van der Waals surface area (Å²) in [6, 6.07) is 0. The quantitative estimate of drug-likeness (QED) is 0.769. The standard InChI is InChI=1S/C14H19N2O7P/c1-9-8-16(13(19)15-12(9)18)14(2)7-10(17)11(23-14)5-6-24(20,21-3)22-4/h5-6,8,17H,7H2,1-4H3,(H,15,18,19)/b6-5+/t14-/m0/s1. The first-order valence-electron chi connectivity index (χ1n) is 6.99. The van der Waals surface area contributed by atoms with Crippen LogP contribution >= 0.6 is 7.60 Å². The molecule has 1 aliphatic rings. The number of hydrogen-bond donors (Lipinski definition) is 2. The summed E-state index contributed by atoms with van der Waals surface area (Å²) in [5, 5.41) is 10.1. The molecule has 0 fully saturated rings. The Balaban J connectivity index is 2.35. The number of rotatable bonds is 5. The number of hydrogen-bond acceptors (Lipinski definition) is 7. The number of aliphatic hydroxyl groups is 1. The Hall–Kier alpha value is -2.09. The predicted octanol–water partition coefficient (Wildman–Crippen LogP) is 1.71. The lowest BCUT2D eigenvalue weighted by atomic mass is 10.1. The van der Waals surface area contributed by atoms with Gasteiger partial charge in [-0.1, -0.05) is 0 Å². The van der Waals surface area contributed by atoms with Crippen LogP contribution in [0, 0.1) is 6.92 Å². The van der Waals surface area contributed by atoms with Gasteiger partial charge >= 0.3 is 13.3 Å². The van der Waals surface area contributed by atoms with E-state index >= 15 is 0 Å². The number of aliphatic hydroxyl groups excluding tert-OH is 1. The van der Waals surface area contributed by atoms with Crippen molar-refractivity contribution < 1.29 is 23.5 Å². The van der Waals surface area contributed by atoms with Crippen LogP contribution < -0.4 is 11.2 Å². The predicted molar refractivity (Wildman–Crippen MR) is 85.8 cm³/mol. The second kappa shape index (κ2) is 6.43. The van der Waals surface area contributed by atoms with Gasteiger partial charge in [0.05, 0.1) is 6.42 Å². The third-order valence-electron chi connectivity index (χ3n) is 3.66. The molecule has 0 aromatic carbocycles. The van der Waals surface area contributed by atoms with E-state index in [0.717, 1.165) is 5.82 Å². The van der Waals surface area contributed by atoms with Crippen LogP contribution in [0.2, 0.25) is 0 Å². The van der Waals surface area contributed by atoms with E-state index in [9.17, 15) is 19.3 Å². The minimum Gasteiger partial charge on any atom is -0.508 e. The largest absolute Gasteiger partial charge is 0.508 e.